The average molecular weight is 488 g/mol. The van der Waals surface area contributed by atoms with Gasteiger partial charge in [-0.15, -0.1) is 0 Å². The Morgan fingerprint density at radius 2 is 1.35 bits per heavy atom. The van der Waals surface area contributed by atoms with Gasteiger partial charge in [-0.1, -0.05) is 20.3 Å². The number of aliphatic carboxylic acids is 2. The van der Waals surface area contributed by atoms with Gasteiger partial charge in [0.15, 0.2) is 0 Å². The molecule has 11 N–H and O–H groups in total. The van der Waals surface area contributed by atoms with Gasteiger partial charge in [0.1, 0.15) is 18.1 Å². The standard InChI is InChI=1S/C19H32N6O9/c1-3-8(2)15(18(32)24-11(19(33)34)7-13(22)27)25-17(31)10(4-5-12(21)26)23-16(30)9(20)6-14(28)29/h8-11,15H,3-7,20H2,1-2H3,(H2,21,26)(H2,22,27)(H,23,30)(H,24,32)(H,25,31)(H,28,29)(H,33,34). The molecule has 34 heavy (non-hydrogen) atoms. The first-order chi connectivity index (χ1) is 15.7. The second-order valence-electron chi connectivity index (χ2n) is 7.71. The maximum Gasteiger partial charge on any atom is 0.326 e. The summed E-state index contributed by atoms with van der Waals surface area (Å²) < 4.78 is 0. The minimum atomic E-state index is -1.63. The van der Waals surface area contributed by atoms with E-state index in [2.05, 4.69) is 16.0 Å². The number of primary amides is 2. The predicted octanol–water partition coefficient (Wildman–Crippen LogP) is -3.49. The number of carboxylic acid groups (broad SMARTS) is 2. The summed E-state index contributed by atoms with van der Waals surface area (Å²) in [7, 11) is 0. The highest BCUT2D eigenvalue weighted by Crippen LogP contribution is 2.10. The first kappa shape index (κ1) is 30.2. The highest BCUT2D eigenvalue weighted by atomic mass is 16.4. The molecule has 0 aromatic carbocycles. The van der Waals surface area contributed by atoms with Crippen molar-refractivity contribution in [2.24, 2.45) is 23.1 Å². The van der Waals surface area contributed by atoms with Crippen LogP contribution < -0.4 is 33.2 Å². The van der Waals surface area contributed by atoms with Crippen LogP contribution in [0.25, 0.3) is 0 Å². The number of hydrogen-bond acceptors (Lipinski definition) is 8. The van der Waals surface area contributed by atoms with E-state index in [1.54, 1.807) is 13.8 Å². The Kier molecular flexibility index (Phi) is 12.8. The maximum atomic E-state index is 12.9. The van der Waals surface area contributed by atoms with Gasteiger partial charge in [-0.3, -0.25) is 28.8 Å². The number of hydrogen-bond donors (Lipinski definition) is 8. The molecule has 0 fully saturated rings. The molecular formula is C19H32N6O9. The van der Waals surface area contributed by atoms with E-state index in [1.807, 2.05) is 0 Å². The highest BCUT2D eigenvalue weighted by molar-refractivity contribution is 5.95. The predicted molar refractivity (Wildman–Crippen MR) is 115 cm³/mol. The summed E-state index contributed by atoms with van der Waals surface area (Å²) in [6.45, 7) is 3.29. The second kappa shape index (κ2) is 14.4. The van der Waals surface area contributed by atoms with E-state index in [4.69, 9.17) is 22.3 Å². The van der Waals surface area contributed by atoms with Crippen LogP contribution in [-0.2, 0) is 33.6 Å². The lowest BCUT2D eigenvalue weighted by molar-refractivity contribution is -0.144. The SMILES string of the molecule is CCC(C)C(NC(=O)C(CCC(N)=O)NC(=O)C(N)CC(=O)O)C(=O)NC(CC(N)=O)C(=O)O. The van der Waals surface area contributed by atoms with Crippen LogP contribution in [0.2, 0.25) is 0 Å². The number of nitrogens with two attached hydrogens (primary N) is 3. The van der Waals surface area contributed by atoms with E-state index in [-0.39, 0.29) is 12.8 Å². The van der Waals surface area contributed by atoms with Crippen LogP contribution in [0.1, 0.15) is 46.0 Å². The highest BCUT2D eigenvalue weighted by Gasteiger charge is 2.33. The minimum absolute atomic E-state index is 0.277. The number of carbonyl (C=O) groups excluding carboxylic acids is 5. The lowest BCUT2D eigenvalue weighted by atomic mass is 9.97. The summed E-state index contributed by atoms with van der Waals surface area (Å²) >= 11 is 0. The zero-order chi connectivity index (χ0) is 26.6. The van der Waals surface area contributed by atoms with Crippen LogP contribution in [0.3, 0.4) is 0 Å². The summed E-state index contributed by atoms with van der Waals surface area (Å²) in [5.74, 6) is -7.95. The molecule has 0 spiro atoms. The van der Waals surface area contributed by atoms with Gasteiger partial charge < -0.3 is 43.4 Å². The van der Waals surface area contributed by atoms with Crippen molar-refractivity contribution < 1.29 is 43.8 Å². The summed E-state index contributed by atoms with van der Waals surface area (Å²) in [6.07, 6.45) is -1.63. The summed E-state index contributed by atoms with van der Waals surface area (Å²) in [5.41, 5.74) is 15.6. The Morgan fingerprint density at radius 1 is 0.794 bits per heavy atom. The third kappa shape index (κ3) is 11.2. The number of carboxylic acids is 2. The zero-order valence-electron chi connectivity index (χ0n) is 18.9. The van der Waals surface area contributed by atoms with Crippen LogP contribution in [0.5, 0.6) is 0 Å². The molecule has 0 aromatic heterocycles. The molecule has 0 rings (SSSR count). The van der Waals surface area contributed by atoms with Crippen molar-refractivity contribution in [2.75, 3.05) is 0 Å². The van der Waals surface area contributed by atoms with E-state index in [0.29, 0.717) is 6.42 Å². The van der Waals surface area contributed by atoms with Crippen LogP contribution in [-0.4, -0.2) is 75.9 Å². The van der Waals surface area contributed by atoms with Crippen molar-refractivity contribution in [3.05, 3.63) is 0 Å². The number of amides is 5. The zero-order valence-corrected chi connectivity index (χ0v) is 18.9. The molecule has 5 unspecified atom stereocenters. The van der Waals surface area contributed by atoms with Crippen molar-refractivity contribution in [2.45, 2.75) is 70.1 Å². The van der Waals surface area contributed by atoms with E-state index >= 15 is 0 Å². The van der Waals surface area contributed by atoms with Crippen molar-refractivity contribution in [3.63, 3.8) is 0 Å². The summed E-state index contributed by atoms with van der Waals surface area (Å²) in [5, 5.41) is 24.7. The maximum absolute atomic E-state index is 12.9. The molecule has 0 aliphatic rings. The monoisotopic (exact) mass is 488 g/mol. The second-order valence-corrected chi connectivity index (χ2v) is 7.71. The van der Waals surface area contributed by atoms with Gasteiger partial charge in [0.2, 0.25) is 29.5 Å². The molecule has 192 valence electrons. The van der Waals surface area contributed by atoms with Gasteiger partial charge in [0.25, 0.3) is 0 Å². The molecule has 0 aliphatic carbocycles. The first-order valence-corrected chi connectivity index (χ1v) is 10.4. The number of nitrogens with one attached hydrogen (secondary N) is 3. The molecular weight excluding hydrogens is 456 g/mol. The smallest absolute Gasteiger partial charge is 0.326 e. The summed E-state index contributed by atoms with van der Waals surface area (Å²) in [6, 6.07) is -5.80. The largest absolute Gasteiger partial charge is 0.481 e. The normalized spacial score (nSPS) is 15.0. The Hall–Kier alpha value is -3.75. The van der Waals surface area contributed by atoms with E-state index in [0.717, 1.165) is 0 Å². The molecule has 5 amide bonds. The van der Waals surface area contributed by atoms with Gasteiger partial charge in [0.05, 0.1) is 18.9 Å². The fraction of sp³-hybridized carbons (Fsp3) is 0.632. The quantitative estimate of drug-likeness (QED) is 0.106. The Morgan fingerprint density at radius 3 is 1.79 bits per heavy atom. The topological polar surface area (TPSA) is 274 Å². The Labute approximate surface area is 195 Å². The van der Waals surface area contributed by atoms with Crippen molar-refractivity contribution >= 4 is 41.5 Å². The summed E-state index contributed by atoms with van der Waals surface area (Å²) in [4.78, 5) is 82.1. The van der Waals surface area contributed by atoms with Gasteiger partial charge in [-0.25, -0.2) is 4.79 Å². The van der Waals surface area contributed by atoms with Crippen molar-refractivity contribution in [3.8, 4) is 0 Å². The van der Waals surface area contributed by atoms with Gasteiger partial charge in [0, 0.05) is 6.42 Å². The number of carbonyl (C=O) groups is 7. The molecule has 0 aromatic rings. The van der Waals surface area contributed by atoms with Gasteiger partial charge in [-0.2, -0.15) is 0 Å². The third-order valence-corrected chi connectivity index (χ3v) is 4.86. The molecule has 0 saturated carbocycles. The lowest BCUT2D eigenvalue weighted by Crippen LogP contribution is -2.59. The van der Waals surface area contributed by atoms with Crippen molar-refractivity contribution in [1.29, 1.82) is 0 Å². The van der Waals surface area contributed by atoms with E-state index in [9.17, 15) is 38.7 Å². The van der Waals surface area contributed by atoms with Gasteiger partial charge in [-0.05, 0) is 12.3 Å². The van der Waals surface area contributed by atoms with Crippen LogP contribution in [0, 0.1) is 5.92 Å². The fourth-order valence-corrected chi connectivity index (χ4v) is 2.73. The lowest BCUT2D eigenvalue weighted by Gasteiger charge is -2.28. The molecule has 0 bridgehead atoms. The third-order valence-electron chi connectivity index (χ3n) is 4.86. The first-order valence-electron chi connectivity index (χ1n) is 10.4. The molecule has 0 heterocycles. The molecule has 15 heteroatoms. The van der Waals surface area contributed by atoms with Gasteiger partial charge >= 0.3 is 11.9 Å². The Balaban J connectivity index is 5.65. The van der Waals surface area contributed by atoms with E-state index in [1.165, 1.54) is 0 Å². The van der Waals surface area contributed by atoms with Crippen LogP contribution >= 0.6 is 0 Å². The molecule has 0 aliphatic heterocycles. The molecule has 15 nitrogen and oxygen atoms in total. The number of rotatable bonds is 16. The molecule has 0 radical (unpaired) electrons. The van der Waals surface area contributed by atoms with Crippen molar-refractivity contribution in [1.82, 2.24) is 16.0 Å². The average Bonchev–Trinajstić information content (AvgIpc) is 2.72. The minimum Gasteiger partial charge on any atom is -0.481 e. The fourth-order valence-electron chi connectivity index (χ4n) is 2.73. The molecule has 5 atom stereocenters. The van der Waals surface area contributed by atoms with Crippen LogP contribution in [0.4, 0.5) is 0 Å². The van der Waals surface area contributed by atoms with Crippen LogP contribution in [0.15, 0.2) is 0 Å². The Bertz CT molecular complexity index is 803. The molecule has 0 saturated heterocycles. The van der Waals surface area contributed by atoms with E-state index < -0.39 is 84.4 Å².